The number of unbranched alkanes of at least 4 members (excludes halogenated alkanes) is 4. The molecule has 0 aromatic rings. The summed E-state index contributed by atoms with van der Waals surface area (Å²) in [4.78, 5) is 19.5. The molecule has 0 saturated heterocycles. The zero-order valence-corrected chi connectivity index (χ0v) is 19.5. The van der Waals surface area contributed by atoms with Crippen molar-refractivity contribution >= 4 is 11.9 Å². The van der Waals surface area contributed by atoms with Gasteiger partial charge in [-0.3, -0.25) is 0 Å². The van der Waals surface area contributed by atoms with Crippen molar-refractivity contribution in [2.24, 2.45) is 0 Å². The molecule has 0 aliphatic heterocycles. The van der Waals surface area contributed by atoms with Gasteiger partial charge in [0.2, 0.25) is 0 Å². The quantitative estimate of drug-likeness (QED) is 0.359. The molecule has 0 unspecified atom stereocenters. The molecule has 0 rings (SSSR count). The first-order chi connectivity index (χ1) is 11.0. The van der Waals surface area contributed by atoms with Gasteiger partial charge in [-0.15, -0.1) is 0 Å². The van der Waals surface area contributed by atoms with Crippen LogP contribution in [0.25, 0.3) is 0 Å². The molecule has 0 saturated carbocycles. The first kappa shape index (κ1) is 35.4. The van der Waals surface area contributed by atoms with Crippen molar-refractivity contribution in [1.29, 1.82) is 0 Å². The SMILES string of the molecule is CCCCCC(=O)[O-].CCCCCC(=O)[O-].CCOCC.[CH2-]C.[Ce+3]. The minimum Gasteiger partial charge on any atom is -0.550 e. The summed E-state index contributed by atoms with van der Waals surface area (Å²) in [5.41, 5.74) is 0. The average molecular weight is 474 g/mol. The van der Waals surface area contributed by atoms with Crippen LogP contribution in [0.4, 0.5) is 0 Å². The van der Waals surface area contributed by atoms with Crippen LogP contribution in [0.5, 0.6) is 0 Å². The molecule has 0 N–H and O–H groups in total. The summed E-state index contributed by atoms with van der Waals surface area (Å²) in [5.74, 6) is -1.86. The van der Waals surface area contributed by atoms with E-state index in [4.69, 9.17) is 4.74 Å². The van der Waals surface area contributed by atoms with Crippen molar-refractivity contribution in [3.8, 4) is 0 Å². The monoisotopic (exact) mass is 473 g/mol. The number of ether oxygens (including phenoxy) is 1. The summed E-state index contributed by atoms with van der Waals surface area (Å²) in [5, 5.41) is 19.5. The van der Waals surface area contributed by atoms with Crippen molar-refractivity contribution in [3.63, 3.8) is 0 Å². The van der Waals surface area contributed by atoms with Crippen LogP contribution in [0.1, 0.15) is 86.0 Å². The van der Waals surface area contributed by atoms with Crippen LogP contribution >= 0.6 is 0 Å². The van der Waals surface area contributed by atoms with Gasteiger partial charge >= 0.3 is 41.7 Å². The molecule has 0 spiro atoms. The van der Waals surface area contributed by atoms with Gasteiger partial charge in [0.1, 0.15) is 0 Å². The normalized spacial score (nSPS) is 8.08. The molecule has 0 atom stereocenters. The molecule has 143 valence electrons. The molecule has 5 nitrogen and oxygen atoms in total. The Hall–Kier alpha value is 0.277. The molecular formula is C18H37CeO5. The van der Waals surface area contributed by atoms with E-state index in [2.05, 4.69) is 6.92 Å². The number of rotatable bonds is 10. The van der Waals surface area contributed by atoms with Gasteiger partial charge in [0.15, 0.2) is 0 Å². The second-order valence-electron chi connectivity index (χ2n) is 4.44. The second-order valence-corrected chi connectivity index (χ2v) is 4.44. The summed E-state index contributed by atoms with van der Waals surface area (Å²) < 4.78 is 4.83. The van der Waals surface area contributed by atoms with Crippen molar-refractivity contribution < 1.29 is 66.3 Å². The zero-order valence-electron chi connectivity index (χ0n) is 16.3. The largest absolute Gasteiger partial charge is 3.00 e. The van der Waals surface area contributed by atoms with Gasteiger partial charge in [-0.05, 0) is 39.5 Å². The summed E-state index contributed by atoms with van der Waals surface area (Å²) in [6, 6.07) is 0. The Labute approximate surface area is 183 Å². The molecular weight excluding hydrogens is 436 g/mol. The summed E-state index contributed by atoms with van der Waals surface area (Å²) in [7, 11) is 0. The fraction of sp³-hybridized carbons (Fsp3) is 0.833. The first-order valence-electron chi connectivity index (χ1n) is 8.64. The van der Waals surface area contributed by atoms with Crippen molar-refractivity contribution in [1.82, 2.24) is 0 Å². The molecule has 1 radical (unpaired) electrons. The zero-order chi connectivity index (χ0) is 18.9. The summed E-state index contributed by atoms with van der Waals surface area (Å²) in [6.45, 7) is 14.7. The molecule has 0 amide bonds. The van der Waals surface area contributed by atoms with E-state index >= 15 is 0 Å². The maximum atomic E-state index is 9.76. The number of hydrogen-bond acceptors (Lipinski definition) is 5. The third-order valence-electron chi connectivity index (χ3n) is 2.38. The molecule has 0 heterocycles. The standard InChI is InChI=1S/2C6H12O2.C4H10O.C2H5.Ce/c2*1-2-3-4-5-6(7)8;1-3-5-4-2;1-2;/h2*2-5H2,1H3,(H,7,8);3-4H2,1-2H3;1H2,2H3;/q;;;-1;+3/p-2. The predicted octanol–water partition coefficient (Wildman–Crippen LogP) is 2.52. The van der Waals surface area contributed by atoms with Gasteiger partial charge in [0.25, 0.3) is 0 Å². The van der Waals surface area contributed by atoms with Crippen LogP contribution in [0, 0.1) is 48.7 Å². The Bertz CT molecular complexity index is 201. The van der Waals surface area contributed by atoms with Crippen LogP contribution in [-0.2, 0) is 14.3 Å². The van der Waals surface area contributed by atoms with Crippen molar-refractivity contribution in [2.45, 2.75) is 86.0 Å². The fourth-order valence-electron chi connectivity index (χ4n) is 1.24. The topological polar surface area (TPSA) is 89.5 Å². The number of carbonyl (C=O) groups is 2. The van der Waals surface area contributed by atoms with E-state index in [1.165, 1.54) is 0 Å². The number of hydrogen-bond donors (Lipinski definition) is 0. The van der Waals surface area contributed by atoms with Gasteiger partial charge in [0, 0.05) is 25.2 Å². The Kier molecular flexibility index (Phi) is 57.1. The fourth-order valence-corrected chi connectivity index (χ4v) is 1.24. The van der Waals surface area contributed by atoms with Crippen LogP contribution in [0.2, 0.25) is 0 Å². The number of carbonyl (C=O) groups excluding carboxylic acids is 2. The molecule has 6 heteroatoms. The Morgan fingerprint density at radius 3 is 1.17 bits per heavy atom. The molecule has 0 aliphatic rings. The van der Waals surface area contributed by atoms with E-state index in [1.807, 2.05) is 27.7 Å². The van der Waals surface area contributed by atoms with E-state index in [9.17, 15) is 19.8 Å². The molecule has 0 bridgehead atoms. The van der Waals surface area contributed by atoms with E-state index in [0.717, 1.165) is 51.7 Å². The minimum absolute atomic E-state index is 0. The van der Waals surface area contributed by atoms with Crippen LogP contribution in [0.3, 0.4) is 0 Å². The van der Waals surface area contributed by atoms with E-state index in [-0.39, 0.29) is 54.6 Å². The van der Waals surface area contributed by atoms with Gasteiger partial charge in [0.05, 0.1) is 0 Å². The Balaban J connectivity index is -0.0000000716. The maximum Gasteiger partial charge on any atom is 3.00 e. The molecule has 0 aromatic heterocycles. The van der Waals surface area contributed by atoms with E-state index < -0.39 is 11.9 Å². The van der Waals surface area contributed by atoms with Gasteiger partial charge in [-0.25, -0.2) is 0 Å². The maximum absolute atomic E-state index is 9.76. The second kappa shape index (κ2) is 38.7. The third-order valence-corrected chi connectivity index (χ3v) is 2.38. The number of carboxylic acid groups (broad SMARTS) is 2. The third kappa shape index (κ3) is 66.9. The molecule has 24 heavy (non-hydrogen) atoms. The van der Waals surface area contributed by atoms with Crippen LogP contribution in [-0.4, -0.2) is 25.2 Å². The van der Waals surface area contributed by atoms with Crippen LogP contribution < -0.4 is 10.2 Å². The predicted molar refractivity (Wildman–Crippen MR) is 91.5 cm³/mol. The average Bonchev–Trinajstić information content (AvgIpc) is 2.51. The first-order valence-corrected chi connectivity index (χ1v) is 8.64. The Morgan fingerprint density at radius 1 is 0.750 bits per heavy atom. The van der Waals surface area contributed by atoms with Gasteiger partial charge < -0.3 is 31.5 Å². The number of carboxylic acids is 2. The summed E-state index contributed by atoms with van der Waals surface area (Å²) in [6.07, 6.45) is 6.07. The number of aliphatic carboxylic acids is 2. The molecule has 0 fully saturated rings. The van der Waals surface area contributed by atoms with Crippen molar-refractivity contribution in [2.75, 3.05) is 13.2 Å². The molecule has 0 aliphatic carbocycles. The minimum atomic E-state index is -0.932. The van der Waals surface area contributed by atoms with E-state index in [1.54, 1.807) is 6.92 Å². The van der Waals surface area contributed by atoms with Gasteiger partial charge in [-0.1, -0.05) is 39.5 Å². The van der Waals surface area contributed by atoms with Gasteiger partial charge in [-0.2, -0.15) is 6.92 Å². The molecule has 0 aromatic carbocycles. The Morgan fingerprint density at radius 2 is 1.04 bits per heavy atom. The summed E-state index contributed by atoms with van der Waals surface area (Å²) >= 11 is 0. The van der Waals surface area contributed by atoms with Crippen LogP contribution in [0.15, 0.2) is 0 Å². The smallest absolute Gasteiger partial charge is 0.550 e. The van der Waals surface area contributed by atoms with E-state index in [0.29, 0.717) is 0 Å². The van der Waals surface area contributed by atoms with Crippen molar-refractivity contribution in [3.05, 3.63) is 6.92 Å².